The summed E-state index contributed by atoms with van der Waals surface area (Å²) < 4.78 is 58.9. The van der Waals surface area contributed by atoms with Gasteiger partial charge in [-0.1, -0.05) is 24.3 Å². The molecule has 2 aliphatic rings. The Bertz CT molecular complexity index is 2510. The van der Waals surface area contributed by atoms with Crippen LogP contribution in [0.5, 0.6) is 0 Å². The molecule has 0 aliphatic heterocycles. The van der Waals surface area contributed by atoms with Crippen LogP contribution in [0.1, 0.15) is 50.1 Å². The number of alkyl halides is 3. The first-order valence-corrected chi connectivity index (χ1v) is 13.2. The first-order valence-electron chi connectivity index (χ1n) is 13.2. The van der Waals surface area contributed by atoms with Crippen LogP contribution >= 0.6 is 0 Å². The number of rotatable bonds is 2. The third-order valence-electron chi connectivity index (χ3n) is 7.75. The zero-order valence-corrected chi connectivity index (χ0v) is 24.1. The minimum atomic E-state index is -5.02. The van der Waals surface area contributed by atoms with Crippen LogP contribution in [0.15, 0.2) is 53.9 Å². The molecule has 0 atom stereocenters. The fourth-order valence-electron chi connectivity index (χ4n) is 5.81. The average molecular weight is 631 g/mol. The summed E-state index contributed by atoms with van der Waals surface area (Å²) in [5.74, 6) is -1.20. The number of aryl methyl sites for hydroxylation is 1. The molecule has 0 spiro atoms. The molecule has 0 saturated carbocycles. The van der Waals surface area contributed by atoms with Gasteiger partial charge in [-0.15, -0.1) is 0 Å². The molecular weight excluding hydrogens is 620 g/mol. The van der Waals surface area contributed by atoms with E-state index < -0.39 is 51.2 Å². The second kappa shape index (κ2) is 11.6. The van der Waals surface area contributed by atoms with Gasteiger partial charge in [0.05, 0.1) is 61.2 Å². The van der Waals surface area contributed by atoms with Crippen molar-refractivity contribution >= 4 is 39.2 Å². The van der Waals surface area contributed by atoms with E-state index in [1.165, 1.54) is 30.3 Å². The lowest BCUT2D eigenvalue weighted by Crippen LogP contribution is -2.08. The van der Waals surface area contributed by atoms with Gasteiger partial charge < -0.3 is 0 Å². The van der Waals surface area contributed by atoms with E-state index in [4.69, 9.17) is 26.3 Å². The predicted octanol–water partition coefficient (Wildman–Crippen LogP) is 9.13. The number of hydrogen-bond acceptors (Lipinski definition) is 4. The van der Waals surface area contributed by atoms with Gasteiger partial charge in [-0.3, -0.25) is 0 Å². The van der Waals surface area contributed by atoms with Crippen molar-refractivity contribution in [3.05, 3.63) is 155 Å². The van der Waals surface area contributed by atoms with Crippen molar-refractivity contribution in [2.75, 3.05) is 0 Å². The molecule has 0 heterocycles. The van der Waals surface area contributed by atoms with E-state index in [1.54, 1.807) is 25.1 Å². The Morgan fingerprint density at radius 3 is 1.81 bits per heavy atom. The van der Waals surface area contributed by atoms with Crippen molar-refractivity contribution in [2.24, 2.45) is 0 Å². The maximum atomic E-state index is 17.0. The topological polar surface area (TPSA) is 113 Å². The van der Waals surface area contributed by atoms with Crippen LogP contribution in [0.25, 0.3) is 52.9 Å². The molecule has 12 heteroatoms. The Morgan fingerprint density at radius 2 is 1.31 bits per heavy atom. The van der Waals surface area contributed by atoms with Gasteiger partial charge >= 0.3 is 6.18 Å². The van der Waals surface area contributed by atoms with E-state index in [0.717, 1.165) is 12.1 Å². The monoisotopic (exact) mass is 630 g/mol. The molecule has 0 fully saturated rings. The summed E-state index contributed by atoms with van der Waals surface area (Å²) in [5.41, 5.74) is -5.76. The van der Waals surface area contributed by atoms with Crippen molar-refractivity contribution in [2.45, 2.75) is 13.1 Å². The van der Waals surface area contributed by atoms with Gasteiger partial charge in [-0.05, 0) is 69.7 Å². The maximum Gasteiger partial charge on any atom is 0.417 e. The summed E-state index contributed by atoms with van der Waals surface area (Å²) in [4.78, 5) is 13.4. The van der Waals surface area contributed by atoms with E-state index in [-0.39, 0.29) is 55.9 Å². The lowest BCUT2D eigenvalue weighted by molar-refractivity contribution is -0.137. The van der Waals surface area contributed by atoms with E-state index in [9.17, 15) is 34.2 Å². The maximum absolute atomic E-state index is 17.0. The summed E-state index contributed by atoms with van der Waals surface area (Å²) in [7, 11) is 0. The molecule has 8 nitrogen and oxygen atoms in total. The van der Waals surface area contributed by atoms with Crippen LogP contribution in [0, 0.1) is 84.4 Å². The molecule has 5 rings (SSSR count). The van der Waals surface area contributed by atoms with Crippen molar-refractivity contribution in [1.82, 2.24) is 0 Å². The Balaban J connectivity index is 1.98. The SMILES string of the molecule is [C-]#[N+]C1=C(c2ccc([N+]#[C-])c(C)c2)/C(=C(/C#N)[N+]#[C-])c2cc3c(c(F)c21)C(C#N)=C(c1ccc(C#N)c(C(F)(F)F)c1)/C3=C(\C#N)[N+]#[C-]. The first kappa shape index (κ1) is 31.7. The first-order chi connectivity index (χ1) is 22.9. The third kappa shape index (κ3) is 4.53. The van der Waals surface area contributed by atoms with Gasteiger partial charge in [0.1, 0.15) is 11.9 Å². The molecule has 0 amide bonds. The predicted molar refractivity (Wildman–Crippen MR) is 164 cm³/mol. The number of hydrogen-bond donors (Lipinski definition) is 0. The van der Waals surface area contributed by atoms with Crippen LogP contribution < -0.4 is 0 Å². The summed E-state index contributed by atoms with van der Waals surface area (Å²) in [5, 5.41) is 39.5. The highest BCUT2D eigenvalue weighted by Crippen LogP contribution is 2.56. The summed E-state index contributed by atoms with van der Waals surface area (Å²) in [6.07, 6.45) is -5.02. The average Bonchev–Trinajstić information content (AvgIpc) is 3.58. The van der Waals surface area contributed by atoms with Gasteiger partial charge in [-0.25, -0.2) is 34.3 Å². The molecule has 222 valence electrons. The Morgan fingerprint density at radius 1 is 0.729 bits per heavy atom. The Kier molecular flexibility index (Phi) is 7.68. The molecule has 0 radical (unpaired) electrons. The number of halogens is 4. The third-order valence-corrected chi connectivity index (χ3v) is 7.75. The lowest BCUT2D eigenvalue weighted by Gasteiger charge is -2.15. The smallest absolute Gasteiger partial charge is 0.238 e. The molecule has 0 aromatic heterocycles. The fourth-order valence-corrected chi connectivity index (χ4v) is 5.81. The van der Waals surface area contributed by atoms with Crippen molar-refractivity contribution in [3.63, 3.8) is 0 Å². The van der Waals surface area contributed by atoms with E-state index in [2.05, 4.69) is 19.4 Å². The van der Waals surface area contributed by atoms with Crippen LogP contribution in [-0.2, 0) is 6.18 Å². The zero-order valence-electron chi connectivity index (χ0n) is 24.1. The second-order valence-electron chi connectivity index (χ2n) is 10.1. The second-order valence-corrected chi connectivity index (χ2v) is 10.1. The number of nitriles is 4. The molecule has 0 saturated heterocycles. The lowest BCUT2D eigenvalue weighted by atomic mass is 9.90. The Labute approximate surface area is 270 Å². The molecule has 0 unspecified atom stereocenters. The van der Waals surface area contributed by atoms with Crippen LogP contribution in [-0.4, -0.2) is 0 Å². The molecule has 3 aromatic rings. The largest absolute Gasteiger partial charge is 0.417 e. The van der Waals surface area contributed by atoms with E-state index in [1.807, 2.05) is 0 Å². The van der Waals surface area contributed by atoms with E-state index in [0.29, 0.717) is 11.6 Å². The van der Waals surface area contributed by atoms with E-state index >= 15 is 4.39 Å². The number of benzene rings is 3. The molecule has 0 bridgehead atoms. The number of allylic oxidation sites excluding steroid dienone is 7. The van der Waals surface area contributed by atoms with Crippen LogP contribution in [0.4, 0.5) is 23.2 Å². The van der Waals surface area contributed by atoms with Crippen molar-refractivity contribution < 1.29 is 17.6 Å². The normalized spacial score (nSPS) is 14.9. The highest BCUT2D eigenvalue weighted by molar-refractivity contribution is 6.29. The zero-order chi connectivity index (χ0) is 35.1. The van der Waals surface area contributed by atoms with Gasteiger partial charge in [0.15, 0.2) is 5.69 Å². The highest BCUT2D eigenvalue weighted by Gasteiger charge is 2.41. The minimum absolute atomic E-state index is 0.00408. The molecule has 48 heavy (non-hydrogen) atoms. The van der Waals surface area contributed by atoms with Gasteiger partial charge in [0.25, 0.3) is 11.4 Å². The van der Waals surface area contributed by atoms with Gasteiger partial charge in [0.2, 0.25) is 5.70 Å². The number of fused-ring (bicyclic) bond motifs is 2. The van der Waals surface area contributed by atoms with Crippen molar-refractivity contribution in [1.29, 1.82) is 21.0 Å². The Hall–Kier alpha value is -7.74. The number of nitrogens with zero attached hydrogens (tertiary/aromatic N) is 8. The quantitative estimate of drug-likeness (QED) is 0.160. The standard InChI is InChI=1S/C36H10F4N8/c1-17-10-18(8-9-25(17)45-2)29-32(27(16-44)47-4)22-12-21-30(34(37)33(22)35(29)48-5)23(14-42)28(31(21)26(15-43)46-3)19-6-7-20(13-41)24(11-19)36(38,39)40/h6-12H,1H3/b31-26+,32-27-. The highest BCUT2D eigenvalue weighted by atomic mass is 19.4. The summed E-state index contributed by atoms with van der Waals surface area (Å²) in [6, 6.07) is 14.8. The molecule has 2 aliphatic carbocycles. The summed E-state index contributed by atoms with van der Waals surface area (Å²) >= 11 is 0. The van der Waals surface area contributed by atoms with Gasteiger partial charge in [0, 0.05) is 16.7 Å². The molecule has 0 N–H and O–H groups in total. The minimum Gasteiger partial charge on any atom is -0.238 e. The van der Waals surface area contributed by atoms with Crippen LogP contribution in [0.2, 0.25) is 0 Å². The van der Waals surface area contributed by atoms with Gasteiger partial charge in [-0.2, -0.15) is 23.7 Å². The molecular formula is C36H10F4N8. The summed E-state index contributed by atoms with van der Waals surface area (Å²) in [6.45, 7) is 32.3. The van der Waals surface area contributed by atoms with Crippen LogP contribution in [0.3, 0.4) is 0 Å². The fraction of sp³-hybridized carbons (Fsp3) is 0.0556. The van der Waals surface area contributed by atoms with Crippen molar-refractivity contribution in [3.8, 4) is 24.3 Å². The molecule has 3 aromatic carbocycles.